The number of amides is 1. The minimum Gasteiger partial charge on any atom is -0.495 e. The van der Waals surface area contributed by atoms with E-state index in [4.69, 9.17) is 20.8 Å². The molecule has 0 bridgehead atoms. The van der Waals surface area contributed by atoms with E-state index in [2.05, 4.69) is 5.32 Å². The minimum atomic E-state index is -3.85. The molecule has 0 aliphatic carbocycles. The second kappa shape index (κ2) is 8.22. The molecule has 1 heterocycles. The van der Waals surface area contributed by atoms with E-state index in [0.717, 1.165) is 20.7 Å². The van der Waals surface area contributed by atoms with E-state index in [1.165, 1.54) is 38.4 Å². The first-order valence-corrected chi connectivity index (χ1v) is 11.1. The summed E-state index contributed by atoms with van der Waals surface area (Å²) in [5, 5.41) is 4.92. The molecule has 0 atom stereocenters. The molecule has 1 amide bonds. The quantitative estimate of drug-likeness (QED) is 0.459. The Morgan fingerprint density at radius 2 is 1.77 bits per heavy atom. The van der Waals surface area contributed by atoms with Crippen molar-refractivity contribution in [2.45, 2.75) is 4.90 Å². The van der Waals surface area contributed by atoms with Crippen LogP contribution in [0.3, 0.4) is 0 Å². The van der Waals surface area contributed by atoms with Gasteiger partial charge in [0.1, 0.15) is 16.9 Å². The average Bonchev–Trinajstić information content (AvgIpc) is 3.10. The number of likely N-dealkylation sites (N-methyl/N-ethyl adjacent to an activating group) is 1. The lowest BCUT2D eigenvalue weighted by atomic mass is 10.1. The van der Waals surface area contributed by atoms with E-state index in [-0.39, 0.29) is 11.4 Å². The van der Waals surface area contributed by atoms with Gasteiger partial charge in [-0.2, -0.15) is 4.31 Å². The fourth-order valence-corrected chi connectivity index (χ4v) is 4.53. The lowest BCUT2D eigenvalue weighted by molar-refractivity contribution is -0.116. The number of rotatable bonds is 6. The van der Waals surface area contributed by atoms with Gasteiger partial charge in [-0.05, 0) is 36.4 Å². The molecule has 0 unspecified atom stereocenters. The Morgan fingerprint density at radius 1 is 1.06 bits per heavy atom. The highest BCUT2D eigenvalue weighted by molar-refractivity contribution is 7.89. The molecule has 3 aromatic carbocycles. The number of sulfonamides is 1. The number of carbonyl (C=O) groups is 1. The van der Waals surface area contributed by atoms with E-state index in [1.807, 2.05) is 24.3 Å². The molecule has 0 saturated carbocycles. The molecule has 0 aliphatic rings. The molecular formula is C22H19ClN2O5S. The maximum Gasteiger partial charge on any atom is 0.243 e. The van der Waals surface area contributed by atoms with Crippen molar-refractivity contribution in [2.75, 3.05) is 26.0 Å². The lowest BCUT2D eigenvalue weighted by Crippen LogP contribution is -2.35. The minimum absolute atomic E-state index is 0.0495. The number of halogens is 1. The molecule has 0 aliphatic heterocycles. The highest BCUT2D eigenvalue weighted by Crippen LogP contribution is 2.36. The topological polar surface area (TPSA) is 88.9 Å². The summed E-state index contributed by atoms with van der Waals surface area (Å²) < 4.78 is 37.6. The van der Waals surface area contributed by atoms with Gasteiger partial charge in [0, 0.05) is 28.9 Å². The van der Waals surface area contributed by atoms with Gasteiger partial charge < -0.3 is 14.5 Å². The van der Waals surface area contributed by atoms with Crippen LogP contribution in [0, 0.1) is 0 Å². The monoisotopic (exact) mass is 458 g/mol. The van der Waals surface area contributed by atoms with Crippen molar-refractivity contribution in [2.24, 2.45) is 0 Å². The Hall–Kier alpha value is -3.07. The van der Waals surface area contributed by atoms with Crippen LogP contribution in [0.1, 0.15) is 0 Å². The summed E-state index contributed by atoms with van der Waals surface area (Å²) in [6.07, 6.45) is 0. The van der Waals surface area contributed by atoms with Gasteiger partial charge in [-0.25, -0.2) is 8.42 Å². The van der Waals surface area contributed by atoms with Gasteiger partial charge in [-0.1, -0.05) is 29.8 Å². The summed E-state index contributed by atoms with van der Waals surface area (Å²) >= 11 is 5.82. The highest BCUT2D eigenvalue weighted by atomic mass is 35.5. The predicted molar refractivity (Wildman–Crippen MR) is 120 cm³/mol. The molecule has 0 spiro atoms. The molecule has 9 heteroatoms. The van der Waals surface area contributed by atoms with Gasteiger partial charge in [0.25, 0.3) is 0 Å². The standard InChI is InChI=1S/C22H19ClN2O5S/c1-25(31(27,28)15-9-7-14(23)8-10-15)13-22(26)24-18-12-20-17(11-21(18)29-2)16-5-3-4-6-19(16)30-20/h3-12H,13H2,1-2H3,(H,24,26). The summed E-state index contributed by atoms with van der Waals surface area (Å²) in [4.78, 5) is 12.7. The van der Waals surface area contributed by atoms with Crippen LogP contribution >= 0.6 is 11.6 Å². The van der Waals surface area contributed by atoms with Crippen LogP contribution in [-0.2, 0) is 14.8 Å². The number of ether oxygens (including phenoxy) is 1. The Morgan fingerprint density at radius 3 is 2.48 bits per heavy atom. The number of para-hydroxylation sites is 1. The third-order valence-corrected chi connectivity index (χ3v) is 6.93. The summed E-state index contributed by atoms with van der Waals surface area (Å²) in [7, 11) is -1.01. The van der Waals surface area contributed by atoms with E-state index in [9.17, 15) is 13.2 Å². The molecule has 4 aromatic rings. The molecule has 7 nitrogen and oxygen atoms in total. The Labute approximate surface area is 184 Å². The van der Waals surface area contributed by atoms with Crippen molar-refractivity contribution < 1.29 is 22.4 Å². The van der Waals surface area contributed by atoms with Gasteiger partial charge in [0.05, 0.1) is 24.2 Å². The van der Waals surface area contributed by atoms with Crippen LogP contribution < -0.4 is 10.1 Å². The lowest BCUT2D eigenvalue weighted by Gasteiger charge is -2.17. The number of nitrogens with zero attached hydrogens (tertiary/aromatic N) is 1. The van der Waals surface area contributed by atoms with Crippen molar-refractivity contribution in [1.82, 2.24) is 4.31 Å². The average molecular weight is 459 g/mol. The summed E-state index contributed by atoms with van der Waals surface area (Å²) in [5.74, 6) is -0.0792. The third kappa shape index (κ3) is 4.10. The second-order valence-corrected chi connectivity index (χ2v) is 9.39. The van der Waals surface area contributed by atoms with Crippen LogP contribution in [0.5, 0.6) is 5.75 Å². The van der Waals surface area contributed by atoms with E-state index < -0.39 is 15.9 Å². The fraction of sp³-hybridized carbons (Fsp3) is 0.136. The molecule has 31 heavy (non-hydrogen) atoms. The first-order chi connectivity index (χ1) is 14.8. The molecule has 0 radical (unpaired) electrons. The molecule has 1 N–H and O–H groups in total. The maximum absolute atomic E-state index is 12.7. The predicted octanol–water partition coefficient (Wildman–Crippen LogP) is 4.51. The van der Waals surface area contributed by atoms with Crippen molar-refractivity contribution in [3.05, 3.63) is 65.7 Å². The van der Waals surface area contributed by atoms with Crippen LogP contribution in [0.4, 0.5) is 5.69 Å². The Kier molecular flexibility index (Phi) is 5.62. The van der Waals surface area contributed by atoms with Gasteiger partial charge in [-0.15, -0.1) is 0 Å². The van der Waals surface area contributed by atoms with Gasteiger partial charge in [0.15, 0.2) is 0 Å². The number of hydrogen-bond donors (Lipinski definition) is 1. The summed E-state index contributed by atoms with van der Waals surface area (Å²) in [6, 6.07) is 16.8. The SMILES string of the molecule is COc1cc2c(cc1NC(=O)CN(C)S(=O)(=O)c1ccc(Cl)cc1)oc1ccccc12. The molecule has 0 fully saturated rings. The number of nitrogens with one attached hydrogen (secondary N) is 1. The molecular weight excluding hydrogens is 440 g/mol. The molecule has 160 valence electrons. The van der Waals surface area contributed by atoms with Crippen molar-refractivity contribution in [3.63, 3.8) is 0 Å². The van der Waals surface area contributed by atoms with Crippen molar-refractivity contribution >= 4 is 55.2 Å². The van der Waals surface area contributed by atoms with Gasteiger partial charge in [-0.3, -0.25) is 4.79 Å². The normalized spacial score (nSPS) is 11.9. The van der Waals surface area contributed by atoms with Crippen LogP contribution in [0.2, 0.25) is 5.02 Å². The number of hydrogen-bond acceptors (Lipinski definition) is 5. The van der Waals surface area contributed by atoms with E-state index >= 15 is 0 Å². The zero-order valence-electron chi connectivity index (χ0n) is 16.8. The number of benzene rings is 3. The van der Waals surface area contributed by atoms with Crippen LogP contribution in [0.25, 0.3) is 21.9 Å². The smallest absolute Gasteiger partial charge is 0.243 e. The summed E-state index contributed by atoms with van der Waals surface area (Å²) in [6.45, 7) is -0.383. The highest BCUT2D eigenvalue weighted by Gasteiger charge is 2.23. The summed E-state index contributed by atoms with van der Waals surface area (Å²) in [5.41, 5.74) is 1.69. The Bertz CT molecular complexity index is 1380. The Balaban J connectivity index is 1.57. The first kappa shape index (κ1) is 21.2. The number of methoxy groups -OCH3 is 1. The van der Waals surface area contributed by atoms with E-state index in [0.29, 0.717) is 22.0 Å². The maximum atomic E-state index is 12.7. The molecule has 4 rings (SSSR count). The number of anilines is 1. The number of furan rings is 1. The van der Waals surface area contributed by atoms with Crippen LogP contribution in [0.15, 0.2) is 70.0 Å². The van der Waals surface area contributed by atoms with Gasteiger partial charge in [0.2, 0.25) is 15.9 Å². The number of fused-ring (bicyclic) bond motifs is 3. The van der Waals surface area contributed by atoms with Crippen molar-refractivity contribution in [1.29, 1.82) is 0 Å². The molecule has 1 aromatic heterocycles. The fourth-order valence-electron chi connectivity index (χ4n) is 3.28. The molecule has 0 saturated heterocycles. The van der Waals surface area contributed by atoms with Crippen molar-refractivity contribution in [3.8, 4) is 5.75 Å². The first-order valence-electron chi connectivity index (χ1n) is 9.30. The number of carbonyl (C=O) groups excluding carboxylic acids is 1. The van der Waals surface area contributed by atoms with Gasteiger partial charge >= 0.3 is 0 Å². The van der Waals surface area contributed by atoms with E-state index in [1.54, 1.807) is 12.1 Å². The zero-order valence-corrected chi connectivity index (χ0v) is 18.3. The third-order valence-electron chi connectivity index (χ3n) is 4.86. The second-order valence-electron chi connectivity index (χ2n) is 6.91. The largest absolute Gasteiger partial charge is 0.495 e. The zero-order chi connectivity index (χ0) is 22.2. The van der Waals surface area contributed by atoms with Crippen LogP contribution in [-0.4, -0.2) is 39.3 Å².